The molecule has 0 saturated heterocycles. The van der Waals surface area contributed by atoms with Crippen molar-refractivity contribution in [1.82, 2.24) is 10.6 Å². The van der Waals surface area contributed by atoms with Crippen molar-refractivity contribution in [3.05, 3.63) is 0 Å². The number of nitrogens with one attached hydrogen (secondary N) is 2. The van der Waals surface area contributed by atoms with E-state index < -0.39 is 24.6 Å². The van der Waals surface area contributed by atoms with Gasteiger partial charge in [0.05, 0.1) is 6.61 Å². The van der Waals surface area contributed by atoms with Crippen LogP contribution in [0.2, 0.25) is 0 Å². The minimum atomic E-state index is -1.24. The van der Waals surface area contributed by atoms with Gasteiger partial charge in [0.25, 0.3) is 0 Å². The third-order valence-corrected chi connectivity index (χ3v) is 3.10. The molecule has 6 heteroatoms. The van der Waals surface area contributed by atoms with Crippen molar-refractivity contribution in [2.24, 2.45) is 5.92 Å². The molecule has 6 nitrogen and oxygen atoms in total. The molecule has 0 bridgehead atoms. The first-order valence-electron chi connectivity index (χ1n) is 6.01. The molecular weight excluding hydrogens is 224 g/mol. The zero-order chi connectivity index (χ0) is 12.7. The summed E-state index contributed by atoms with van der Waals surface area (Å²) in [7, 11) is 0. The first kappa shape index (κ1) is 13.8. The predicted octanol–water partition coefficient (Wildman–Crippen LogP) is 0.311. The molecule has 1 atom stereocenters. The highest BCUT2D eigenvalue weighted by Gasteiger charge is 2.19. The number of hydrogen-bond donors (Lipinski definition) is 4. The average Bonchev–Trinajstić information content (AvgIpc) is 2.78. The molecule has 0 aromatic carbocycles. The normalized spacial score (nSPS) is 17.7. The Bertz CT molecular complexity index is 264. The Morgan fingerprint density at radius 2 is 1.94 bits per heavy atom. The fourth-order valence-corrected chi connectivity index (χ4v) is 2.08. The average molecular weight is 244 g/mol. The molecule has 1 aliphatic rings. The lowest BCUT2D eigenvalue weighted by Gasteiger charge is -2.14. The highest BCUT2D eigenvalue weighted by molar-refractivity contribution is 5.82. The summed E-state index contributed by atoms with van der Waals surface area (Å²) in [5.74, 6) is -0.554. The van der Waals surface area contributed by atoms with Crippen LogP contribution in [0.3, 0.4) is 0 Å². The molecule has 1 rings (SSSR count). The van der Waals surface area contributed by atoms with E-state index in [1.165, 1.54) is 25.7 Å². The van der Waals surface area contributed by atoms with Crippen molar-refractivity contribution in [3.63, 3.8) is 0 Å². The number of amides is 2. The van der Waals surface area contributed by atoms with E-state index in [0.29, 0.717) is 12.5 Å². The summed E-state index contributed by atoms with van der Waals surface area (Å²) in [4.78, 5) is 21.8. The topological polar surface area (TPSA) is 98.7 Å². The summed E-state index contributed by atoms with van der Waals surface area (Å²) in [6.07, 6.45) is 5.91. The van der Waals surface area contributed by atoms with Gasteiger partial charge < -0.3 is 20.8 Å². The van der Waals surface area contributed by atoms with Crippen molar-refractivity contribution in [2.75, 3.05) is 13.2 Å². The SMILES string of the molecule is O=C(NCCC1CCCC1)N[C@@H](CO)C(=O)O. The molecule has 1 saturated carbocycles. The molecule has 1 fully saturated rings. The second-order valence-electron chi connectivity index (χ2n) is 4.41. The van der Waals surface area contributed by atoms with Gasteiger partial charge in [0.2, 0.25) is 0 Å². The Hall–Kier alpha value is -1.30. The number of aliphatic hydroxyl groups excluding tert-OH is 1. The summed E-state index contributed by atoms with van der Waals surface area (Å²) < 4.78 is 0. The first-order valence-corrected chi connectivity index (χ1v) is 6.01. The van der Waals surface area contributed by atoms with Crippen LogP contribution in [-0.4, -0.2) is 41.4 Å². The van der Waals surface area contributed by atoms with Crippen LogP contribution in [0.15, 0.2) is 0 Å². The molecule has 0 spiro atoms. The lowest BCUT2D eigenvalue weighted by atomic mass is 10.0. The lowest BCUT2D eigenvalue weighted by Crippen LogP contribution is -2.48. The Morgan fingerprint density at radius 1 is 1.29 bits per heavy atom. The van der Waals surface area contributed by atoms with Crippen molar-refractivity contribution in [3.8, 4) is 0 Å². The van der Waals surface area contributed by atoms with Gasteiger partial charge in [-0.1, -0.05) is 25.7 Å². The van der Waals surface area contributed by atoms with Crippen LogP contribution in [0.25, 0.3) is 0 Å². The maximum atomic E-state index is 11.3. The van der Waals surface area contributed by atoms with Gasteiger partial charge in [-0.2, -0.15) is 0 Å². The van der Waals surface area contributed by atoms with E-state index in [9.17, 15) is 9.59 Å². The van der Waals surface area contributed by atoms with Crippen molar-refractivity contribution in [1.29, 1.82) is 0 Å². The molecule has 0 aromatic rings. The number of carboxylic acid groups (broad SMARTS) is 1. The molecule has 0 unspecified atom stereocenters. The van der Waals surface area contributed by atoms with Crippen LogP contribution in [0.5, 0.6) is 0 Å². The lowest BCUT2D eigenvalue weighted by molar-refractivity contribution is -0.140. The highest BCUT2D eigenvalue weighted by atomic mass is 16.4. The van der Waals surface area contributed by atoms with E-state index in [2.05, 4.69) is 10.6 Å². The van der Waals surface area contributed by atoms with Crippen LogP contribution < -0.4 is 10.6 Å². The Morgan fingerprint density at radius 3 is 2.47 bits per heavy atom. The summed E-state index contributed by atoms with van der Waals surface area (Å²) in [5, 5.41) is 22.1. The van der Waals surface area contributed by atoms with Crippen molar-refractivity contribution in [2.45, 2.75) is 38.1 Å². The third kappa shape index (κ3) is 5.04. The van der Waals surface area contributed by atoms with Crippen molar-refractivity contribution >= 4 is 12.0 Å². The van der Waals surface area contributed by atoms with Gasteiger partial charge in [0.15, 0.2) is 6.04 Å². The monoisotopic (exact) mass is 244 g/mol. The fraction of sp³-hybridized carbons (Fsp3) is 0.818. The maximum Gasteiger partial charge on any atom is 0.328 e. The summed E-state index contributed by atoms with van der Waals surface area (Å²) in [5.41, 5.74) is 0. The first-order chi connectivity index (χ1) is 8.13. The summed E-state index contributed by atoms with van der Waals surface area (Å²) >= 11 is 0. The molecule has 0 radical (unpaired) electrons. The van der Waals surface area contributed by atoms with Crippen molar-refractivity contribution < 1.29 is 19.8 Å². The summed E-state index contributed by atoms with van der Waals surface area (Å²) in [6, 6.07) is -1.77. The smallest absolute Gasteiger partial charge is 0.328 e. The van der Waals surface area contributed by atoms with E-state index in [4.69, 9.17) is 10.2 Å². The van der Waals surface area contributed by atoms with Crippen LogP contribution >= 0.6 is 0 Å². The standard InChI is InChI=1S/C11H20N2O4/c14-7-9(10(15)16)13-11(17)12-6-5-8-3-1-2-4-8/h8-9,14H,1-7H2,(H,15,16)(H2,12,13,17)/t9-/m0/s1. The molecule has 98 valence electrons. The molecule has 1 aliphatic carbocycles. The quantitative estimate of drug-likeness (QED) is 0.540. The molecule has 0 aromatic heterocycles. The number of aliphatic carboxylic acids is 1. The maximum absolute atomic E-state index is 11.3. The Balaban J connectivity index is 2.13. The van der Waals surface area contributed by atoms with Crippen LogP contribution in [-0.2, 0) is 4.79 Å². The largest absolute Gasteiger partial charge is 0.480 e. The number of carbonyl (C=O) groups excluding carboxylic acids is 1. The minimum absolute atomic E-state index is 0.538. The van der Waals surface area contributed by atoms with E-state index in [1.54, 1.807) is 0 Å². The molecule has 17 heavy (non-hydrogen) atoms. The van der Waals surface area contributed by atoms with Gasteiger partial charge >= 0.3 is 12.0 Å². The van der Waals surface area contributed by atoms with Crippen LogP contribution in [0.1, 0.15) is 32.1 Å². The molecule has 0 heterocycles. The van der Waals surface area contributed by atoms with Crippen LogP contribution in [0.4, 0.5) is 4.79 Å². The summed E-state index contributed by atoms with van der Waals surface area (Å²) in [6.45, 7) is -0.0559. The van der Waals surface area contributed by atoms with E-state index in [-0.39, 0.29) is 0 Å². The van der Waals surface area contributed by atoms with E-state index >= 15 is 0 Å². The molecule has 0 aliphatic heterocycles. The minimum Gasteiger partial charge on any atom is -0.480 e. The zero-order valence-corrected chi connectivity index (χ0v) is 9.82. The second kappa shape index (κ2) is 7.11. The number of aliphatic hydroxyl groups is 1. The molecular formula is C11H20N2O4. The number of hydrogen-bond acceptors (Lipinski definition) is 3. The Labute approximate surface area is 100 Å². The number of carboxylic acids is 1. The van der Waals surface area contributed by atoms with E-state index in [0.717, 1.165) is 6.42 Å². The second-order valence-corrected chi connectivity index (χ2v) is 4.41. The molecule has 2 amide bonds. The number of carbonyl (C=O) groups is 2. The molecule has 4 N–H and O–H groups in total. The van der Waals surface area contributed by atoms with Crippen LogP contribution in [0, 0.1) is 5.92 Å². The van der Waals surface area contributed by atoms with Gasteiger partial charge in [-0.25, -0.2) is 9.59 Å². The predicted molar refractivity (Wildman–Crippen MR) is 61.6 cm³/mol. The van der Waals surface area contributed by atoms with Gasteiger partial charge in [-0.05, 0) is 12.3 Å². The Kier molecular flexibility index (Phi) is 5.76. The fourth-order valence-electron chi connectivity index (χ4n) is 2.08. The number of urea groups is 1. The van der Waals surface area contributed by atoms with Gasteiger partial charge in [0, 0.05) is 6.54 Å². The zero-order valence-electron chi connectivity index (χ0n) is 9.82. The van der Waals surface area contributed by atoms with Gasteiger partial charge in [-0.15, -0.1) is 0 Å². The van der Waals surface area contributed by atoms with Gasteiger partial charge in [0.1, 0.15) is 0 Å². The third-order valence-electron chi connectivity index (χ3n) is 3.10. The number of rotatable bonds is 6. The highest BCUT2D eigenvalue weighted by Crippen LogP contribution is 2.26. The van der Waals surface area contributed by atoms with Gasteiger partial charge in [-0.3, -0.25) is 0 Å². The van der Waals surface area contributed by atoms with E-state index in [1.807, 2.05) is 0 Å².